The molecule has 1 atom stereocenters. The Morgan fingerprint density at radius 3 is 2.16 bits per heavy atom. The number of alkyl halides is 3. The molecule has 0 N–H and O–H groups in total. The molecule has 0 saturated carbocycles. The molecule has 1 heterocycles. The Labute approximate surface area is 142 Å². The van der Waals surface area contributed by atoms with Gasteiger partial charge in [-0.15, -0.1) is 5.10 Å². The summed E-state index contributed by atoms with van der Waals surface area (Å²) in [7, 11) is 1.60. The van der Waals surface area contributed by atoms with Gasteiger partial charge in [0.2, 0.25) is 0 Å². The third-order valence-corrected chi connectivity index (χ3v) is 4.14. The molecule has 0 spiro atoms. The van der Waals surface area contributed by atoms with Gasteiger partial charge in [0, 0.05) is 13.0 Å². The van der Waals surface area contributed by atoms with E-state index >= 15 is 0 Å². The standard InChI is InChI=1S/C18H16F3N3O/c1-12(13-6-4-3-5-7-13)16-22-24(17(25)23(16)2)15-10-8-14(9-11-15)18(19,20)21/h3-12H,1-2H3. The van der Waals surface area contributed by atoms with Gasteiger partial charge in [0.1, 0.15) is 5.82 Å². The molecule has 1 unspecified atom stereocenters. The summed E-state index contributed by atoms with van der Waals surface area (Å²) in [5.74, 6) is 0.408. The van der Waals surface area contributed by atoms with Gasteiger partial charge in [-0.3, -0.25) is 4.57 Å². The topological polar surface area (TPSA) is 39.8 Å². The van der Waals surface area contributed by atoms with Crippen molar-refractivity contribution in [3.8, 4) is 5.69 Å². The van der Waals surface area contributed by atoms with E-state index in [1.807, 2.05) is 37.3 Å². The number of nitrogens with zero attached hydrogens (tertiary/aromatic N) is 3. The average molecular weight is 347 g/mol. The molecular formula is C18H16F3N3O. The first kappa shape index (κ1) is 17.0. The number of halogens is 3. The fraction of sp³-hybridized carbons (Fsp3) is 0.222. The van der Waals surface area contributed by atoms with E-state index < -0.39 is 17.4 Å². The highest BCUT2D eigenvalue weighted by atomic mass is 19.4. The second kappa shape index (κ2) is 6.23. The molecule has 7 heteroatoms. The summed E-state index contributed by atoms with van der Waals surface area (Å²) in [6, 6.07) is 13.9. The Bertz CT molecular complexity index is 925. The molecule has 2 aromatic carbocycles. The van der Waals surface area contributed by atoms with E-state index in [0.29, 0.717) is 11.5 Å². The van der Waals surface area contributed by atoms with Crippen molar-refractivity contribution in [2.75, 3.05) is 0 Å². The van der Waals surface area contributed by atoms with Crippen LogP contribution >= 0.6 is 0 Å². The third-order valence-electron chi connectivity index (χ3n) is 4.14. The molecule has 130 valence electrons. The smallest absolute Gasteiger partial charge is 0.281 e. The van der Waals surface area contributed by atoms with Crippen molar-refractivity contribution in [2.45, 2.75) is 19.0 Å². The van der Waals surface area contributed by atoms with E-state index in [-0.39, 0.29) is 5.92 Å². The van der Waals surface area contributed by atoms with Crippen LogP contribution in [0.2, 0.25) is 0 Å². The van der Waals surface area contributed by atoms with Gasteiger partial charge in [0.05, 0.1) is 11.3 Å². The van der Waals surface area contributed by atoms with Crippen LogP contribution in [0.1, 0.15) is 29.8 Å². The first-order valence-corrected chi connectivity index (χ1v) is 7.67. The maximum Gasteiger partial charge on any atom is 0.416 e. The quantitative estimate of drug-likeness (QED) is 0.724. The highest BCUT2D eigenvalue weighted by Gasteiger charge is 2.30. The van der Waals surface area contributed by atoms with Gasteiger partial charge in [-0.1, -0.05) is 37.3 Å². The van der Waals surface area contributed by atoms with E-state index in [2.05, 4.69) is 5.10 Å². The van der Waals surface area contributed by atoms with Crippen molar-refractivity contribution < 1.29 is 13.2 Å². The molecule has 0 aliphatic heterocycles. The van der Waals surface area contributed by atoms with E-state index in [4.69, 9.17) is 0 Å². The van der Waals surface area contributed by atoms with Gasteiger partial charge >= 0.3 is 11.9 Å². The lowest BCUT2D eigenvalue weighted by Crippen LogP contribution is -2.22. The molecule has 0 fully saturated rings. The Balaban J connectivity index is 2.01. The normalized spacial score (nSPS) is 13.0. The third kappa shape index (κ3) is 3.22. The van der Waals surface area contributed by atoms with Crippen LogP contribution in [0.3, 0.4) is 0 Å². The van der Waals surface area contributed by atoms with Crippen molar-refractivity contribution in [1.82, 2.24) is 14.3 Å². The minimum atomic E-state index is -4.42. The lowest BCUT2D eigenvalue weighted by molar-refractivity contribution is -0.137. The highest BCUT2D eigenvalue weighted by molar-refractivity contribution is 5.35. The van der Waals surface area contributed by atoms with Crippen LogP contribution in [0.4, 0.5) is 13.2 Å². The predicted molar refractivity (Wildman–Crippen MR) is 87.8 cm³/mol. The Hall–Kier alpha value is -2.83. The van der Waals surface area contributed by atoms with E-state index in [1.54, 1.807) is 7.05 Å². The second-order valence-corrected chi connectivity index (χ2v) is 5.79. The number of hydrogen-bond acceptors (Lipinski definition) is 2. The Kier molecular flexibility index (Phi) is 4.24. The Morgan fingerprint density at radius 2 is 1.60 bits per heavy atom. The van der Waals surface area contributed by atoms with E-state index in [1.165, 1.54) is 16.7 Å². The fourth-order valence-corrected chi connectivity index (χ4v) is 2.68. The van der Waals surface area contributed by atoms with Crippen LogP contribution in [0.5, 0.6) is 0 Å². The maximum absolute atomic E-state index is 12.7. The molecule has 3 rings (SSSR count). The minimum Gasteiger partial charge on any atom is -0.281 e. The summed E-state index contributed by atoms with van der Waals surface area (Å²) < 4.78 is 40.6. The first-order chi connectivity index (χ1) is 11.8. The van der Waals surface area contributed by atoms with Gasteiger partial charge in [-0.05, 0) is 29.8 Å². The minimum absolute atomic E-state index is 0.130. The van der Waals surface area contributed by atoms with Crippen LogP contribution < -0.4 is 5.69 Å². The van der Waals surface area contributed by atoms with Crippen LogP contribution in [0.15, 0.2) is 59.4 Å². The summed E-state index contributed by atoms with van der Waals surface area (Å²) in [5, 5.41) is 4.33. The summed E-state index contributed by atoms with van der Waals surface area (Å²) in [5.41, 5.74) is 0.117. The average Bonchev–Trinajstić information content (AvgIpc) is 2.90. The molecule has 1 aromatic heterocycles. The van der Waals surface area contributed by atoms with Crippen LogP contribution in [0, 0.1) is 0 Å². The van der Waals surface area contributed by atoms with Crippen molar-refractivity contribution in [3.63, 3.8) is 0 Å². The summed E-state index contributed by atoms with van der Waals surface area (Å²) >= 11 is 0. The van der Waals surface area contributed by atoms with Crippen molar-refractivity contribution in [2.24, 2.45) is 7.05 Å². The summed E-state index contributed by atoms with van der Waals surface area (Å²) in [6.07, 6.45) is -4.42. The molecule has 0 radical (unpaired) electrons. The molecule has 0 bridgehead atoms. The van der Waals surface area contributed by atoms with Gasteiger partial charge in [-0.2, -0.15) is 17.9 Å². The number of hydrogen-bond donors (Lipinski definition) is 0. The van der Waals surface area contributed by atoms with Crippen LogP contribution in [-0.4, -0.2) is 14.3 Å². The zero-order valence-corrected chi connectivity index (χ0v) is 13.7. The van der Waals surface area contributed by atoms with E-state index in [0.717, 1.165) is 22.4 Å². The summed E-state index contributed by atoms with van der Waals surface area (Å²) in [4.78, 5) is 12.4. The zero-order valence-electron chi connectivity index (χ0n) is 13.7. The monoisotopic (exact) mass is 347 g/mol. The van der Waals surface area contributed by atoms with E-state index in [9.17, 15) is 18.0 Å². The van der Waals surface area contributed by atoms with Crippen LogP contribution in [0.25, 0.3) is 5.69 Å². The lowest BCUT2D eigenvalue weighted by Gasteiger charge is -2.10. The van der Waals surface area contributed by atoms with Gasteiger partial charge in [0.15, 0.2) is 0 Å². The lowest BCUT2D eigenvalue weighted by atomic mass is 10.0. The van der Waals surface area contributed by atoms with Gasteiger partial charge in [0.25, 0.3) is 0 Å². The molecule has 4 nitrogen and oxygen atoms in total. The highest BCUT2D eigenvalue weighted by Crippen LogP contribution is 2.29. The molecule has 0 aliphatic rings. The summed E-state index contributed by atoms with van der Waals surface area (Å²) in [6.45, 7) is 1.92. The van der Waals surface area contributed by atoms with Gasteiger partial charge in [-0.25, -0.2) is 4.79 Å². The van der Waals surface area contributed by atoms with Gasteiger partial charge < -0.3 is 0 Å². The number of rotatable bonds is 3. The molecule has 0 aliphatic carbocycles. The van der Waals surface area contributed by atoms with Crippen molar-refractivity contribution >= 4 is 0 Å². The fourth-order valence-electron chi connectivity index (χ4n) is 2.68. The number of benzene rings is 2. The molecule has 0 amide bonds. The number of aromatic nitrogens is 3. The Morgan fingerprint density at radius 1 is 1.00 bits per heavy atom. The predicted octanol–water partition coefficient (Wildman–Crippen LogP) is 3.74. The molecule has 25 heavy (non-hydrogen) atoms. The van der Waals surface area contributed by atoms with Crippen molar-refractivity contribution in [1.29, 1.82) is 0 Å². The zero-order chi connectivity index (χ0) is 18.2. The SMILES string of the molecule is CC(c1ccccc1)c1nn(-c2ccc(C(F)(F)F)cc2)c(=O)n1C. The van der Waals surface area contributed by atoms with Crippen molar-refractivity contribution in [3.05, 3.63) is 82.0 Å². The molecule has 3 aromatic rings. The maximum atomic E-state index is 12.7. The largest absolute Gasteiger partial charge is 0.416 e. The second-order valence-electron chi connectivity index (χ2n) is 5.79. The molecular weight excluding hydrogens is 331 g/mol. The molecule has 0 saturated heterocycles. The first-order valence-electron chi connectivity index (χ1n) is 7.67. The van der Waals surface area contributed by atoms with Crippen LogP contribution in [-0.2, 0) is 13.2 Å².